The van der Waals surface area contributed by atoms with Crippen molar-refractivity contribution in [1.82, 2.24) is 5.43 Å². The van der Waals surface area contributed by atoms with Gasteiger partial charge in [0.2, 0.25) is 0 Å². The van der Waals surface area contributed by atoms with E-state index < -0.39 is 0 Å². The second kappa shape index (κ2) is 8.73. The van der Waals surface area contributed by atoms with E-state index in [9.17, 15) is 4.79 Å². The summed E-state index contributed by atoms with van der Waals surface area (Å²) in [4.78, 5) is 11.8. The molecule has 0 atom stereocenters. The molecule has 0 heterocycles. The van der Waals surface area contributed by atoms with Gasteiger partial charge >= 0.3 is 0 Å². The monoisotopic (exact) mass is 342 g/mol. The maximum Gasteiger partial charge on any atom is 0.277 e. The minimum Gasteiger partial charge on any atom is -0.497 e. The van der Waals surface area contributed by atoms with Crippen LogP contribution in [0.3, 0.4) is 0 Å². The molecular weight excluding hydrogens is 320 g/mol. The van der Waals surface area contributed by atoms with Crippen molar-refractivity contribution in [3.8, 4) is 17.2 Å². The number of ether oxygens (including phenoxy) is 3. The Morgan fingerprint density at radius 3 is 2.48 bits per heavy atom. The van der Waals surface area contributed by atoms with Gasteiger partial charge in [0.1, 0.15) is 17.2 Å². The van der Waals surface area contributed by atoms with Gasteiger partial charge in [-0.3, -0.25) is 4.79 Å². The van der Waals surface area contributed by atoms with Gasteiger partial charge in [-0.15, -0.1) is 0 Å². The van der Waals surface area contributed by atoms with Crippen LogP contribution >= 0.6 is 0 Å². The molecule has 0 aliphatic rings. The van der Waals surface area contributed by atoms with Crippen molar-refractivity contribution in [3.63, 3.8) is 0 Å². The first-order valence-corrected chi connectivity index (χ1v) is 7.77. The molecule has 0 aliphatic heterocycles. The molecule has 0 saturated carbocycles. The maximum atomic E-state index is 11.8. The Morgan fingerprint density at radius 2 is 1.80 bits per heavy atom. The summed E-state index contributed by atoms with van der Waals surface area (Å²) >= 11 is 0. The van der Waals surface area contributed by atoms with Crippen molar-refractivity contribution in [1.29, 1.82) is 0 Å². The number of amides is 1. The van der Waals surface area contributed by atoms with E-state index in [0.717, 1.165) is 11.1 Å². The first-order chi connectivity index (χ1) is 12.0. The number of benzene rings is 2. The van der Waals surface area contributed by atoms with E-state index in [-0.39, 0.29) is 12.5 Å². The highest BCUT2D eigenvalue weighted by Gasteiger charge is 2.05. The summed E-state index contributed by atoms with van der Waals surface area (Å²) in [6.07, 6.45) is 1.51. The lowest BCUT2D eigenvalue weighted by molar-refractivity contribution is -0.123. The molecule has 0 fully saturated rings. The summed E-state index contributed by atoms with van der Waals surface area (Å²) < 4.78 is 15.9. The van der Waals surface area contributed by atoms with E-state index in [2.05, 4.69) is 10.5 Å². The van der Waals surface area contributed by atoms with E-state index in [0.29, 0.717) is 17.2 Å². The normalized spacial score (nSPS) is 10.6. The van der Waals surface area contributed by atoms with Crippen LogP contribution in [-0.4, -0.2) is 32.9 Å². The van der Waals surface area contributed by atoms with Crippen LogP contribution in [0.2, 0.25) is 0 Å². The Bertz CT molecular complexity index is 772. The van der Waals surface area contributed by atoms with Gasteiger partial charge in [-0.1, -0.05) is 6.07 Å². The number of nitrogens with one attached hydrogen (secondary N) is 1. The number of aryl methyl sites for hydroxylation is 2. The molecule has 0 radical (unpaired) electrons. The second-order valence-electron chi connectivity index (χ2n) is 5.44. The minimum atomic E-state index is -0.345. The molecule has 2 rings (SSSR count). The molecule has 0 spiro atoms. The average molecular weight is 342 g/mol. The van der Waals surface area contributed by atoms with Crippen LogP contribution < -0.4 is 19.6 Å². The lowest BCUT2D eigenvalue weighted by Gasteiger charge is -2.08. The summed E-state index contributed by atoms with van der Waals surface area (Å²) in [5.41, 5.74) is 5.44. The average Bonchev–Trinajstić information content (AvgIpc) is 2.62. The SMILES string of the molecule is COc1ccc(C=NNC(=O)COc2ccc(C)c(C)c2)c(OC)c1. The molecule has 0 aliphatic carbocycles. The fourth-order valence-corrected chi connectivity index (χ4v) is 2.08. The number of carbonyl (C=O) groups is 1. The van der Waals surface area contributed by atoms with Crippen LogP contribution in [0.4, 0.5) is 0 Å². The van der Waals surface area contributed by atoms with Crippen molar-refractivity contribution in [2.75, 3.05) is 20.8 Å². The molecule has 0 bridgehead atoms. The molecule has 25 heavy (non-hydrogen) atoms. The van der Waals surface area contributed by atoms with Crippen molar-refractivity contribution in [2.45, 2.75) is 13.8 Å². The highest BCUT2D eigenvalue weighted by Crippen LogP contribution is 2.23. The largest absolute Gasteiger partial charge is 0.497 e. The standard InChI is InChI=1S/C19H22N2O4/c1-13-5-7-17(9-14(13)2)25-12-19(22)21-20-11-15-6-8-16(23-3)10-18(15)24-4/h5-11H,12H2,1-4H3,(H,21,22). The predicted octanol–water partition coefficient (Wildman–Crippen LogP) is 2.85. The van der Waals surface area contributed by atoms with Crippen LogP contribution in [0.1, 0.15) is 16.7 Å². The third kappa shape index (κ3) is 5.24. The first kappa shape index (κ1) is 18.3. The van der Waals surface area contributed by atoms with E-state index in [1.807, 2.05) is 32.0 Å². The molecule has 1 amide bonds. The van der Waals surface area contributed by atoms with Gasteiger partial charge in [-0.2, -0.15) is 5.10 Å². The van der Waals surface area contributed by atoms with Crippen molar-refractivity contribution in [2.24, 2.45) is 5.10 Å². The minimum absolute atomic E-state index is 0.112. The lowest BCUT2D eigenvalue weighted by atomic mass is 10.1. The van der Waals surface area contributed by atoms with Crippen LogP contribution in [0, 0.1) is 13.8 Å². The molecule has 0 aromatic heterocycles. The van der Waals surface area contributed by atoms with Crippen LogP contribution in [-0.2, 0) is 4.79 Å². The smallest absolute Gasteiger partial charge is 0.277 e. The summed E-state index contributed by atoms with van der Waals surface area (Å²) in [6.45, 7) is 3.91. The zero-order valence-electron chi connectivity index (χ0n) is 14.8. The molecule has 0 unspecified atom stereocenters. The number of hydrogen-bond donors (Lipinski definition) is 1. The fraction of sp³-hybridized carbons (Fsp3) is 0.263. The predicted molar refractivity (Wildman–Crippen MR) is 96.7 cm³/mol. The second-order valence-corrected chi connectivity index (χ2v) is 5.44. The Balaban J connectivity index is 1.89. The van der Waals surface area contributed by atoms with Crippen LogP contribution in [0.15, 0.2) is 41.5 Å². The Labute approximate surface area is 147 Å². The Morgan fingerprint density at radius 1 is 1.04 bits per heavy atom. The van der Waals surface area contributed by atoms with Gasteiger partial charge in [0, 0.05) is 11.6 Å². The number of carbonyl (C=O) groups excluding carboxylic acids is 1. The fourth-order valence-electron chi connectivity index (χ4n) is 2.08. The topological polar surface area (TPSA) is 69.2 Å². The highest BCUT2D eigenvalue weighted by atomic mass is 16.5. The molecule has 0 saturated heterocycles. The summed E-state index contributed by atoms with van der Waals surface area (Å²) in [7, 11) is 3.14. The quantitative estimate of drug-likeness (QED) is 0.620. The summed E-state index contributed by atoms with van der Waals surface area (Å²) in [5.74, 6) is 1.59. The number of methoxy groups -OCH3 is 2. The molecule has 132 valence electrons. The Hall–Kier alpha value is -3.02. The van der Waals surface area contributed by atoms with Gasteiger partial charge in [0.05, 0.1) is 20.4 Å². The van der Waals surface area contributed by atoms with Gasteiger partial charge in [-0.05, 0) is 49.2 Å². The number of nitrogens with zero attached hydrogens (tertiary/aromatic N) is 1. The summed E-state index contributed by atoms with van der Waals surface area (Å²) in [6, 6.07) is 11.0. The third-order valence-electron chi connectivity index (χ3n) is 3.68. The zero-order chi connectivity index (χ0) is 18.2. The van der Waals surface area contributed by atoms with E-state index in [1.54, 1.807) is 32.4 Å². The highest BCUT2D eigenvalue weighted by molar-refractivity contribution is 5.85. The maximum absolute atomic E-state index is 11.8. The van der Waals surface area contributed by atoms with Gasteiger partial charge in [-0.25, -0.2) is 5.43 Å². The van der Waals surface area contributed by atoms with E-state index >= 15 is 0 Å². The van der Waals surface area contributed by atoms with Gasteiger partial charge in [0.15, 0.2) is 6.61 Å². The van der Waals surface area contributed by atoms with Gasteiger partial charge in [0.25, 0.3) is 5.91 Å². The third-order valence-corrected chi connectivity index (χ3v) is 3.68. The number of hydrazone groups is 1. The zero-order valence-corrected chi connectivity index (χ0v) is 14.8. The Kier molecular flexibility index (Phi) is 6.39. The first-order valence-electron chi connectivity index (χ1n) is 7.77. The van der Waals surface area contributed by atoms with Gasteiger partial charge < -0.3 is 14.2 Å². The lowest BCUT2D eigenvalue weighted by Crippen LogP contribution is -2.24. The van der Waals surface area contributed by atoms with E-state index in [4.69, 9.17) is 14.2 Å². The molecular formula is C19H22N2O4. The van der Waals surface area contributed by atoms with Crippen LogP contribution in [0.5, 0.6) is 17.2 Å². The van der Waals surface area contributed by atoms with Crippen LogP contribution in [0.25, 0.3) is 0 Å². The van der Waals surface area contributed by atoms with Crippen molar-refractivity contribution in [3.05, 3.63) is 53.1 Å². The summed E-state index contributed by atoms with van der Waals surface area (Å²) in [5, 5.41) is 3.92. The van der Waals surface area contributed by atoms with Crippen molar-refractivity contribution < 1.29 is 19.0 Å². The number of hydrogen-bond acceptors (Lipinski definition) is 5. The molecule has 2 aromatic rings. The molecule has 2 aromatic carbocycles. The van der Waals surface area contributed by atoms with Crippen molar-refractivity contribution >= 4 is 12.1 Å². The number of rotatable bonds is 7. The van der Waals surface area contributed by atoms with E-state index in [1.165, 1.54) is 11.8 Å². The molecule has 6 heteroatoms. The molecule has 6 nitrogen and oxygen atoms in total. The molecule has 1 N–H and O–H groups in total.